The molecule has 1 heterocycles. The molecule has 26 heavy (non-hydrogen) atoms. The van der Waals surface area contributed by atoms with Crippen LogP contribution in [0.1, 0.15) is 32.3 Å². The number of aliphatic hydroxyl groups excluding tert-OH is 1. The predicted octanol–water partition coefficient (Wildman–Crippen LogP) is 1.69. The van der Waals surface area contributed by atoms with E-state index in [0.717, 1.165) is 44.1 Å². The number of hydrogen-bond donors (Lipinski definition) is 3. The van der Waals surface area contributed by atoms with Gasteiger partial charge in [0.2, 0.25) is 0 Å². The summed E-state index contributed by atoms with van der Waals surface area (Å²) in [6.45, 7) is 7.25. The lowest BCUT2D eigenvalue weighted by molar-refractivity contribution is 0.0243. The number of rotatable bonds is 9. The van der Waals surface area contributed by atoms with E-state index in [9.17, 15) is 0 Å². The third kappa shape index (κ3) is 6.07. The van der Waals surface area contributed by atoms with Crippen LogP contribution in [0.4, 0.5) is 0 Å². The lowest BCUT2D eigenvalue weighted by Crippen LogP contribution is -2.45. The van der Waals surface area contributed by atoms with Gasteiger partial charge in [-0.15, -0.1) is 0 Å². The van der Waals surface area contributed by atoms with Gasteiger partial charge in [0.1, 0.15) is 6.61 Å². The van der Waals surface area contributed by atoms with Crippen LogP contribution in [0.2, 0.25) is 0 Å². The molecule has 7 heteroatoms. The maximum atomic E-state index is 8.88. The van der Waals surface area contributed by atoms with Crippen molar-refractivity contribution in [3.63, 3.8) is 0 Å². The zero-order valence-electron chi connectivity index (χ0n) is 16.0. The van der Waals surface area contributed by atoms with Crippen molar-refractivity contribution in [1.29, 1.82) is 0 Å². The Morgan fingerprint density at radius 1 is 1.35 bits per heavy atom. The van der Waals surface area contributed by atoms with Crippen molar-refractivity contribution in [2.24, 2.45) is 4.99 Å². The Morgan fingerprint density at radius 2 is 2.19 bits per heavy atom. The second-order valence-electron chi connectivity index (χ2n) is 6.51. The smallest absolute Gasteiger partial charge is 0.191 e. The van der Waals surface area contributed by atoms with Gasteiger partial charge in [0.05, 0.1) is 25.9 Å². The highest BCUT2D eigenvalue weighted by Gasteiger charge is 2.29. The SMILES string of the molecule is CCNC(=NCc1ccc(OCCO)c(OC)c1)NCC1(C)CCCO1. The fraction of sp³-hybridized carbons (Fsp3) is 0.632. The number of ether oxygens (including phenoxy) is 3. The minimum absolute atomic E-state index is 0.0322. The summed E-state index contributed by atoms with van der Waals surface area (Å²) >= 11 is 0. The van der Waals surface area contributed by atoms with Gasteiger partial charge in [0.25, 0.3) is 0 Å². The summed E-state index contributed by atoms with van der Waals surface area (Å²) in [5.74, 6) is 2.02. The minimum atomic E-state index is -0.120. The summed E-state index contributed by atoms with van der Waals surface area (Å²) in [5.41, 5.74) is 0.893. The van der Waals surface area contributed by atoms with E-state index in [1.165, 1.54) is 0 Å². The van der Waals surface area contributed by atoms with E-state index in [0.29, 0.717) is 18.0 Å². The maximum absolute atomic E-state index is 8.88. The molecule has 146 valence electrons. The van der Waals surface area contributed by atoms with Crippen LogP contribution in [-0.4, -0.2) is 56.7 Å². The first-order chi connectivity index (χ1) is 12.6. The van der Waals surface area contributed by atoms with Gasteiger partial charge in [-0.1, -0.05) is 6.07 Å². The first kappa shape index (κ1) is 20.3. The molecule has 0 aromatic heterocycles. The average Bonchev–Trinajstić information content (AvgIpc) is 3.09. The van der Waals surface area contributed by atoms with Crippen LogP contribution in [0.15, 0.2) is 23.2 Å². The van der Waals surface area contributed by atoms with Crippen LogP contribution >= 0.6 is 0 Å². The topological polar surface area (TPSA) is 84.3 Å². The number of benzene rings is 1. The highest BCUT2D eigenvalue weighted by Crippen LogP contribution is 2.28. The van der Waals surface area contributed by atoms with Crippen molar-refractivity contribution in [3.05, 3.63) is 23.8 Å². The van der Waals surface area contributed by atoms with Crippen molar-refractivity contribution in [2.75, 3.05) is 40.0 Å². The van der Waals surface area contributed by atoms with Gasteiger partial charge < -0.3 is 30.0 Å². The van der Waals surface area contributed by atoms with E-state index >= 15 is 0 Å². The Labute approximate surface area is 155 Å². The fourth-order valence-corrected chi connectivity index (χ4v) is 2.84. The number of methoxy groups -OCH3 is 1. The van der Waals surface area contributed by atoms with Crippen LogP contribution in [-0.2, 0) is 11.3 Å². The van der Waals surface area contributed by atoms with Gasteiger partial charge in [0, 0.05) is 19.7 Å². The molecule has 0 aliphatic carbocycles. The molecular weight excluding hydrogens is 334 g/mol. The summed E-state index contributed by atoms with van der Waals surface area (Å²) < 4.78 is 16.6. The van der Waals surface area contributed by atoms with Crippen molar-refractivity contribution in [1.82, 2.24) is 10.6 Å². The average molecular weight is 365 g/mol. The Balaban J connectivity index is 1.99. The molecule has 0 bridgehead atoms. The van der Waals surface area contributed by atoms with Gasteiger partial charge >= 0.3 is 0 Å². The monoisotopic (exact) mass is 365 g/mol. The summed E-state index contributed by atoms with van der Waals surface area (Å²) in [5, 5.41) is 15.5. The molecule has 0 saturated carbocycles. The number of hydrogen-bond acceptors (Lipinski definition) is 5. The van der Waals surface area contributed by atoms with Crippen molar-refractivity contribution in [2.45, 2.75) is 38.8 Å². The van der Waals surface area contributed by atoms with Crippen LogP contribution in [0.5, 0.6) is 11.5 Å². The van der Waals surface area contributed by atoms with Gasteiger partial charge in [-0.25, -0.2) is 4.99 Å². The maximum Gasteiger partial charge on any atom is 0.191 e. The van der Waals surface area contributed by atoms with E-state index in [1.54, 1.807) is 7.11 Å². The third-order valence-electron chi connectivity index (χ3n) is 4.27. The van der Waals surface area contributed by atoms with E-state index in [4.69, 9.17) is 19.3 Å². The molecule has 7 nitrogen and oxygen atoms in total. The second kappa shape index (κ2) is 10.2. The van der Waals surface area contributed by atoms with Gasteiger partial charge in [-0.2, -0.15) is 0 Å². The Bertz CT molecular complexity index is 586. The Hall–Kier alpha value is -1.99. The molecule has 1 saturated heterocycles. The van der Waals surface area contributed by atoms with Crippen molar-refractivity contribution in [3.8, 4) is 11.5 Å². The zero-order chi connectivity index (χ0) is 18.8. The molecule has 1 aromatic rings. The highest BCUT2D eigenvalue weighted by atomic mass is 16.5. The third-order valence-corrected chi connectivity index (χ3v) is 4.27. The molecular formula is C19H31N3O4. The lowest BCUT2D eigenvalue weighted by Gasteiger charge is -2.24. The van der Waals surface area contributed by atoms with Gasteiger partial charge in [-0.3, -0.25) is 0 Å². The molecule has 1 fully saturated rings. The van der Waals surface area contributed by atoms with Crippen LogP contribution in [0, 0.1) is 0 Å². The summed E-state index contributed by atoms with van der Waals surface area (Å²) in [7, 11) is 1.60. The van der Waals surface area contributed by atoms with E-state index < -0.39 is 0 Å². The van der Waals surface area contributed by atoms with Crippen molar-refractivity contribution >= 4 is 5.96 Å². The summed E-state index contributed by atoms with van der Waals surface area (Å²) in [6, 6.07) is 5.69. The lowest BCUT2D eigenvalue weighted by atomic mass is 10.0. The van der Waals surface area contributed by atoms with Crippen molar-refractivity contribution < 1.29 is 19.3 Å². The van der Waals surface area contributed by atoms with E-state index in [2.05, 4.69) is 22.5 Å². The van der Waals surface area contributed by atoms with Crippen LogP contribution < -0.4 is 20.1 Å². The molecule has 0 radical (unpaired) electrons. The molecule has 1 unspecified atom stereocenters. The number of guanidine groups is 1. The first-order valence-electron chi connectivity index (χ1n) is 9.17. The number of nitrogens with one attached hydrogen (secondary N) is 2. The molecule has 0 amide bonds. The fourth-order valence-electron chi connectivity index (χ4n) is 2.84. The largest absolute Gasteiger partial charge is 0.493 e. The Kier molecular flexibility index (Phi) is 8.00. The van der Waals surface area contributed by atoms with E-state index in [1.807, 2.05) is 25.1 Å². The van der Waals surface area contributed by atoms with Crippen LogP contribution in [0.3, 0.4) is 0 Å². The normalized spacial score (nSPS) is 20.1. The first-order valence-corrected chi connectivity index (χ1v) is 9.17. The molecule has 2 rings (SSSR count). The standard InChI is InChI=1S/C19H31N3O4/c1-4-20-18(22-14-19(2)8-5-10-26-19)21-13-15-6-7-16(25-11-9-23)17(12-15)24-3/h6-7,12,23H,4-5,8-11,13-14H2,1-3H3,(H2,20,21,22). The highest BCUT2D eigenvalue weighted by molar-refractivity contribution is 5.79. The number of aliphatic imine (C=N–C) groups is 1. The van der Waals surface area contributed by atoms with Gasteiger partial charge in [0.15, 0.2) is 17.5 Å². The Morgan fingerprint density at radius 3 is 2.85 bits per heavy atom. The van der Waals surface area contributed by atoms with Crippen LogP contribution in [0.25, 0.3) is 0 Å². The minimum Gasteiger partial charge on any atom is -0.493 e. The number of nitrogens with zero attached hydrogens (tertiary/aromatic N) is 1. The second-order valence-corrected chi connectivity index (χ2v) is 6.51. The molecule has 0 spiro atoms. The van der Waals surface area contributed by atoms with E-state index in [-0.39, 0.29) is 18.8 Å². The summed E-state index contributed by atoms with van der Waals surface area (Å²) in [6.07, 6.45) is 2.17. The number of aliphatic hydroxyl groups is 1. The summed E-state index contributed by atoms with van der Waals surface area (Å²) in [4.78, 5) is 4.65. The predicted molar refractivity (Wildman–Crippen MR) is 102 cm³/mol. The van der Waals surface area contributed by atoms with Gasteiger partial charge in [-0.05, 0) is 44.4 Å². The quantitative estimate of drug-likeness (QED) is 0.456. The molecule has 1 aliphatic rings. The molecule has 1 aromatic carbocycles. The molecule has 1 atom stereocenters. The molecule has 3 N–H and O–H groups in total. The molecule has 1 aliphatic heterocycles. The zero-order valence-corrected chi connectivity index (χ0v) is 16.0.